The number of rotatable bonds is 7. The van der Waals surface area contributed by atoms with Crippen molar-refractivity contribution in [2.45, 2.75) is 45.8 Å². The largest absolute Gasteiger partial charge is 0.351 e. The minimum Gasteiger partial charge on any atom is -0.351 e. The van der Waals surface area contributed by atoms with Crippen molar-refractivity contribution in [1.82, 2.24) is 20.4 Å². The van der Waals surface area contributed by atoms with Crippen molar-refractivity contribution >= 4 is 5.91 Å². The summed E-state index contributed by atoms with van der Waals surface area (Å²) in [4.78, 5) is 18.5. The lowest BCUT2D eigenvalue weighted by Crippen LogP contribution is -2.42. The fourth-order valence-electron chi connectivity index (χ4n) is 2.05. The summed E-state index contributed by atoms with van der Waals surface area (Å²) < 4.78 is 5.22. The van der Waals surface area contributed by atoms with Crippen LogP contribution in [-0.2, 0) is 17.9 Å². The number of amides is 1. The van der Waals surface area contributed by atoms with Crippen LogP contribution in [0.4, 0.5) is 0 Å². The molecule has 0 spiro atoms. The van der Waals surface area contributed by atoms with Gasteiger partial charge in [-0.2, -0.15) is 4.98 Å². The molecule has 0 aliphatic carbocycles. The number of hydrogen-bond acceptors (Lipinski definition) is 5. The van der Waals surface area contributed by atoms with Gasteiger partial charge in [-0.1, -0.05) is 49.3 Å². The van der Waals surface area contributed by atoms with Gasteiger partial charge >= 0.3 is 0 Å². The van der Waals surface area contributed by atoms with Gasteiger partial charge in [0.15, 0.2) is 5.82 Å². The molecule has 0 radical (unpaired) electrons. The minimum absolute atomic E-state index is 0.0278. The SMILES string of the molecule is CC(C)c1noc(CN(C)[C@@H](C)C(=O)NCc2ccccc2)n1. The molecule has 1 aromatic heterocycles. The van der Waals surface area contributed by atoms with E-state index in [9.17, 15) is 4.79 Å². The number of nitrogens with zero attached hydrogens (tertiary/aromatic N) is 3. The van der Waals surface area contributed by atoms with Crippen molar-refractivity contribution in [3.63, 3.8) is 0 Å². The Kier molecular flexibility index (Phi) is 5.87. The Bertz CT molecular complexity index is 625. The van der Waals surface area contributed by atoms with Crippen LogP contribution in [0.25, 0.3) is 0 Å². The van der Waals surface area contributed by atoms with E-state index in [1.54, 1.807) is 0 Å². The summed E-state index contributed by atoms with van der Waals surface area (Å²) in [5, 5.41) is 6.88. The molecule has 0 aliphatic rings. The van der Waals surface area contributed by atoms with Crippen molar-refractivity contribution < 1.29 is 9.32 Å². The summed E-state index contributed by atoms with van der Waals surface area (Å²) in [6.45, 7) is 6.85. The molecule has 6 heteroatoms. The van der Waals surface area contributed by atoms with E-state index in [1.807, 2.05) is 63.1 Å². The van der Waals surface area contributed by atoms with Gasteiger partial charge in [0, 0.05) is 12.5 Å². The molecular weight excluding hydrogens is 292 g/mol. The van der Waals surface area contributed by atoms with Crippen molar-refractivity contribution in [1.29, 1.82) is 0 Å². The Morgan fingerprint density at radius 3 is 2.57 bits per heavy atom. The molecule has 1 aromatic carbocycles. The van der Waals surface area contributed by atoms with Crippen LogP contribution in [-0.4, -0.2) is 34.0 Å². The maximum Gasteiger partial charge on any atom is 0.240 e. The first-order valence-electron chi connectivity index (χ1n) is 7.81. The van der Waals surface area contributed by atoms with Gasteiger partial charge in [0.25, 0.3) is 0 Å². The van der Waals surface area contributed by atoms with Crippen LogP contribution in [0.2, 0.25) is 0 Å². The van der Waals surface area contributed by atoms with E-state index in [0.717, 1.165) is 5.56 Å². The van der Waals surface area contributed by atoms with E-state index in [1.165, 1.54) is 0 Å². The molecule has 0 bridgehead atoms. The maximum absolute atomic E-state index is 12.2. The topological polar surface area (TPSA) is 71.3 Å². The van der Waals surface area contributed by atoms with Gasteiger partial charge in [-0.15, -0.1) is 0 Å². The second kappa shape index (κ2) is 7.87. The third-order valence-electron chi connectivity index (χ3n) is 3.74. The zero-order valence-electron chi connectivity index (χ0n) is 14.1. The van der Waals surface area contributed by atoms with Crippen LogP contribution in [0.15, 0.2) is 34.9 Å². The van der Waals surface area contributed by atoms with Gasteiger partial charge < -0.3 is 9.84 Å². The molecule has 2 aromatic rings. The Hall–Kier alpha value is -2.21. The average molecular weight is 316 g/mol. The van der Waals surface area contributed by atoms with E-state index in [2.05, 4.69) is 15.5 Å². The Balaban J connectivity index is 1.85. The van der Waals surface area contributed by atoms with E-state index in [0.29, 0.717) is 24.8 Å². The molecular formula is C17H24N4O2. The van der Waals surface area contributed by atoms with Gasteiger partial charge in [-0.25, -0.2) is 0 Å². The van der Waals surface area contributed by atoms with Crippen molar-refractivity contribution in [2.75, 3.05) is 7.05 Å². The fraction of sp³-hybridized carbons (Fsp3) is 0.471. The Morgan fingerprint density at radius 2 is 1.96 bits per heavy atom. The molecule has 1 N–H and O–H groups in total. The van der Waals surface area contributed by atoms with Gasteiger partial charge in [0.1, 0.15) is 0 Å². The molecule has 124 valence electrons. The molecule has 0 saturated carbocycles. The summed E-state index contributed by atoms with van der Waals surface area (Å²) in [7, 11) is 1.87. The zero-order valence-corrected chi connectivity index (χ0v) is 14.1. The van der Waals surface area contributed by atoms with Gasteiger partial charge in [0.2, 0.25) is 11.8 Å². The van der Waals surface area contributed by atoms with Crippen LogP contribution in [0, 0.1) is 0 Å². The van der Waals surface area contributed by atoms with Crippen LogP contribution >= 0.6 is 0 Å². The lowest BCUT2D eigenvalue weighted by atomic mass is 10.2. The predicted molar refractivity (Wildman–Crippen MR) is 87.6 cm³/mol. The van der Waals surface area contributed by atoms with Crippen LogP contribution in [0.3, 0.4) is 0 Å². The highest BCUT2D eigenvalue weighted by atomic mass is 16.5. The molecule has 1 atom stereocenters. The van der Waals surface area contributed by atoms with Gasteiger partial charge in [-0.3, -0.25) is 9.69 Å². The average Bonchev–Trinajstić information content (AvgIpc) is 3.01. The first kappa shape index (κ1) is 17.1. The molecule has 23 heavy (non-hydrogen) atoms. The lowest BCUT2D eigenvalue weighted by Gasteiger charge is -2.22. The third-order valence-corrected chi connectivity index (χ3v) is 3.74. The summed E-state index contributed by atoms with van der Waals surface area (Å²) in [6.07, 6.45) is 0. The van der Waals surface area contributed by atoms with Crippen LogP contribution in [0.5, 0.6) is 0 Å². The highest BCUT2D eigenvalue weighted by Crippen LogP contribution is 2.11. The van der Waals surface area contributed by atoms with Crippen LogP contribution in [0.1, 0.15) is 44.0 Å². The highest BCUT2D eigenvalue weighted by molar-refractivity contribution is 5.81. The predicted octanol–water partition coefficient (Wildman–Crippen LogP) is 2.33. The van der Waals surface area contributed by atoms with E-state index in [4.69, 9.17) is 4.52 Å². The Morgan fingerprint density at radius 1 is 1.26 bits per heavy atom. The molecule has 6 nitrogen and oxygen atoms in total. The maximum atomic E-state index is 12.2. The summed E-state index contributed by atoms with van der Waals surface area (Å²) in [5.74, 6) is 1.41. The molecule has 0 aliphatic heterocycles. The van der Waals surface area contributed by atoms with Crippen molar-refractivity contribution in [3.05, 3.63) is 47.6 Å². The summed E-state index contributed by atoms with van der Waals surface area (Å²) in [6, 6.07) is 9.56. The second-order valence-electron chi connectivity index (χ2n) is 6.00. The first-order chi connectivity index (χ1) is 11.0. The number of nitrogens with one attached hydrogen (secondary N) is 1. The lowest BCUT2D eigenvalue weighted by molar-refractivity contribution is -0.125. The monoisotopic (exact) mass is 316 g/mol. The third kappa shape index (κ3) is 4.89. The normalized spacial score (nSPS) is 12.6. The van der Waals surface area contributed by atoms with Gasteiger partial charge in [0.05, 0.1) is 12.6 Å². The minimum atomic E-state index is -0.284. The van der Waals surface area contributed by atoms with E-state index >= 15 is 0 Å². The molecule has 2 rings (SSSR count). The standard InChI is InChI=1S/C17H24N4O2/c1-12(2)16-19-15(23-20-16)11-21(4)13(3)17(22)18-10-14-8-6-5-7-9-14/h5-9,12-13H,10-11H2,1-4H3,(H,18,22)/t13-/m0/s1. The Labute approximate surface area is 136 Å². The van der Waals surface area contributed by atoms with E-state index in [-0.39, 0.29) is 17.9 Å². The number of likely N-dealkylation sites (N-methyl/N-ethyl adjacent to an activating group) is 1. The molecule has 0 fully saturated rings. The first-order valence-corrected chi connectivity index (χ1v) is 7.81. The number of hydrogen-bond donors (Lipinski definition) is 1. The number of benzene rings is 1. The van der Waals surface area contributed by atoms with E-state index < -0.39 is 0 Å². The van der Waals surface area contributed by atoms with Crippen molar-refractivity contribution in [2.24, 2.45) is 0 Å². The smallest absolute Gasteiger partial charge is 0.240 e. The van der Waals surface area contributed by atoms with Gasteiger partial charge in [-0.05, 0) is 19.5 Å². The highest BCUT2D eigenvalue weighted by Gasteiger charge is 2.20. The number of carbonyl (C=O) groups is 1. The molecule has 1 amide bonds. The summed E-state index contributed by atoms with van der Waals surface area (Å²) in [5.41, 5.74) is 1.08. The molecule has 1 heterocycles. The summed E-state index contributed by atoms with van der Waals surface area (Å²) >= 11 is 0. The van der Waals surface area contributed by atoms with Crippen LogP contribution < -0.4 is 5.32 Å². The second-order valence-corrected chi connectivity index (χ2v) is 6.00. The zero-order chi connectivity index (χ0) is 16.8. The number of carbonyl (C=O) groups excluding carboxylic acids is 1. The molecule has 0 saturated heterocycles. The van der Waals surface area contributed by atoms with Crippen molar-refractivity contribution in [3.8, 4) is 0 Å². The molecule has 0 unspecified atom stereocenters. The number of aromatic nitrogens is 2. The fourth-order valence-corrected chi connectivity index (χ4v) is 2.05. The quantitative estimate of drug-likeness (QED) is 0.849.